The van der Waals surface area contributed by atoms with Gasteiger partial charge in [0, 0.05) is 25.3 Å². The molecule has 2 fully saturated rings. The van der Waals surface area contributed by atoms with E-state index >= 15 is 4.39 Å². The maximum Gasteiger partial charge on any atom is 0.341 e. The summed E-state index contributed by atoms with van der Waals surface area (Å²) in [7, 11) is 1.45. The van der Waals surface area contributed by atoms with Crippen molar-refractivity contribution in [2.75, 3.05) is 31.6 Å². The van der Waals surface area contributed by atoms with Crippen LogP contribution in [0.4, 0.5) is 10.1 Å². The summed E-state index contributed by atoms with van der Waals surface area (Å²) in [6.45, 7) is 3.85. The molecule has 4 rings (SSSR count). The van der Waals surface area contributed by atoms with Crippen LogP contribution >= 0.6 is 12.4 Å². The molecule has 158 valence electrons. The number of anilines is 1. The predicted molar refractivity (Wildman–Crippen MR) is 111 cm³/mol. The quantitative estimate of drug-likeness (QED) is 0.764. The van der Waals surface area contributed by atoms with Crippen molar-refractivity contribution in [3.63, 3.8) is 0 Å². The van der Waals surface area contributed by atoms with Crippen molar-refractivity contribution >= 4 is 35.0 Å². The van der Waals surface area contributed by atoms with Crippen molar-refractivity contribution in [1.29, 1.82) is 0 Å². The lowest BCUT2D eigenvalue weighted by molar-refractivity contribution is 0.0695. The second-order valence-electron chi connectivity index (χ2n) is 7.83. The van der Waals surface area contributed by atoms with E-state index in [-0.39, 0.29) is 41.1 Å². The van der Waals surface area contributed by atoms with Crippen molar-refractivity contribution < 1.29 is 19.0 Å². The SMILES string of the molecule is COc1c(N2C[C@@H](CN)[C@H](C)C2)c(F)cc2c(=O)c(C(=O)O)cn(C3CC3)c12.Cl. The molecule has 1 aliphatic carbocycles. The van der Waals surface area contributed by atoms with Gasteiger partial charge in [-0.1, -0.05) is 6.92 Å². The van der Waals surface area contributed by atoms with E-state index in [0.717, 1.165) is 18.9 Å². The molecule has 2 atom stereocenters. The molecule has 0 spiro atoms. The van der Waals surface area contributed by atoms with Gasteiger partial charge in [-0.15, -0.1) is 12.4 Å². The molecular weight excluding hydrogens is 401 g/mol. The van der Waals surface area contributed by atoms with Gasteiger partial charge in [-0.2, -0.15) is 0 Å². The third kappa shape index (κ3) is 3.44. The summed E-state index contributed by atoms with van der Waals surface area (Å²) in [5, 5.41) is 9.44. The first-order chi connectivity index (χ1) is 13.4. The summed E-state index contributed by atoms with van der Waals surface area (Å²) in [4.78, 5) is 26.2. The minimum absolute atomic E-state index is 0. The average molecular weight is 426 g/mol. The zero-order valence-corrected chi connectivity index (χ0v) is 17.2. The number of fused-ring (bicyclic) bond motifs is 1. The fourth-order valence-corrected chi connectivity index (χ4v) is 4.25. The molecule has 1 saturated heterocycles. The molecule has 1 aromatic carbocycles. The van der Waals surface area contributed by atoms with Gasteiger partial charge in [0.2, 0.25) is 5.43 Å². The number of ether oxygens (including phenoxy) is 1. The number of aromatic carboxylic acids is 1. The van der Waals surface area contributed by atoms with Crippen LogP contribution in [0.2, 0.25) is 0 Å². The molecule has 1 aromatic heterocycles. The Hall–Kier alpha value is -2.32. The number of pyridine rings is 1. The molecule has 9 heteroatoms. The number of carboxylic acid groups (broad SMARTS) is 1. The van der Waals surface area contributed by atoms with Gasteiger partial charge < -0.3 is 25.0 Å². The van der Waals surface area contributed by atoms with E-state index < -0.39 is 17.2 Å². The summed E-state index contributed by atoms with van der Waals surface area (Å²) in [5.74, 6) is -1.06. The number of carbonyl (C=O) groups is 1. The summed E-state index contributed by atoms with van der Waals surface area (Å²) in [5.41, 5.74) is 5.57. The first kappa shape index (κ1) is 21.4. The van der Waals surface area contributed by atoms with Gasteiger partial charge in [-0.25, -0.2) is 9.18 Å². The lowest BCUT2D eigenvalue weighted by atomic mass is 9.99. The predicted octanol–water partition coefficient (Wildman–Crippen LogP) is 2.64. The van der Waals surface area contributed by atoms with E-state index in [1.54, 1.807) is 4.57 Å². The highest BCUT2D eigenvalue weighted by Gasteiger charge is 2.35. The zero-order chi connectivity index (χ0) is 20.2. The molecule has 2 aliphatic rings. The van der Waals surface area contributed by atoms with E-state index in [9.17, 15) is 14.7 Å². The average Bonchev–Trinajstić information content (AvgIpc) is 3.43. The Labute approximate surface area is 173 Å². The molecule has 2 aromatic rings. The van der Waals surface area contributed by atoms with Crippen molar-refractivity contribution in [1.82, 2.24) is 4.57 Å². The highest BCUT2D eigenvalue weighted by Crippen LogP contribution is 2.44. The summed E-state index contributed by atoms with van der Waals surface area (Å²) in [6.07, 6.45) is 3.12. The van der Waals surface area contributed by atoms with Gasteiger partial charge in [-0.3, -0.25) is 4.79 Å². The van der Waals surface area contributed by atoms with E-state index in [0.29, 0.717) is 36.8 Å². The molecular formula is C20H25ClFN3O4. The largest absolute Gasteiger partial charge is 0.492 e. The number of nitrogens with zero attached hydrogens (tertiary/aromatic N) is 2. The molecule has 29 heavy (non-hydrogen) atoms. The van der Waals surface area contributed by atoms with E-state index in [1.165, 1.54) is 13.3 Å². The fourth-order valence-electron chi connectivity index (χ4n) is 4.25. The maximum absolute atomic E-state index is 15.2. The van der Waals surface area contributed by atoms with Crippen LogP contribution in [0.15, 0.2) is 17.1 Å². The molecule has 0 radical (unpaired) electrons. The van der Waals surface area contributed by atoms with Crippen LogP contribution in [0.3, 0.4) is 0 Å². The van der Waals surface area contributed by atoms with Crippen molar-refractivity contribution in [2.45, 2.75) is 25.8 Å². The van der Waals surface area contributed by atoms with Crippen LogP contribution in [0, 0.1) is 17.7 Å². The maximum atomic E-state index is 15.2. The Morgan fingerprint density at radius 3 is 2.59 bits per heavy atom. The second kappa shape index (κ2) is 7.84. The normalized spacial score (nSPS) is 21.3. The van der Waals surface area contributed by atoms with Gasteiger partial charge in [0.1, 0.15) is 11.3 Å². The van der Waals surface area contributed by atoms with Gasteiger partial charge >= 0.3 is 5.97 Å². The van der Waals surface area contributed by atoms with Crippen LogP contribution in [0.5, 0.6) is 5.75 Å². The molecule has 0 amide bonds. The number of halogens is 2. The Morgan fingerprint density at radius 2 is 2.07 bits per heavy atom. The number of methoxy groups -OCH3 is 1. The van der Waals surface area contributed by atoms with E-state index in [2.05, 4.69) is 6.92 Å². The van der Waals surface area contributed by atoms with Crippen LogP contribution in [-0.4, -0.2) is 42.4 Å². The molecule has 2 heterocycles. The molecule has 1 saturated carbocycles. The highest BCUT2D eigenvalue weighted by atomic mass is 35.5. The number of nitrogens with two attached hydrogens (primary N) is 1. The van der Waals surface area contributed by atoms with Gasteiger partial charge in [-0.05, 0) is 37.3 Å². The third-order valence-electron chi connectivity index (χ3n) is 5.96. The minimum atomic E-state index is -1.32. The molecule has 0 unspecified atom stereocenters. The van der Waals surface area contributed by atoms with Gasteiger partial charge in [0.05, 0.1) is 18.0 Å². The van der Waals surface area contributed by atoms with Crippen molar-refractivity contribution in [2.24, 2.45) is 17.6 Å². The zero-order valence-electron chi connectivity index (χ0n) is 16.4. The van der Waals surface area contributed by atoms with E-state index in [4.69, 9.17) is 10.5 Å². The second-order valence-corrected chi connectivity index (χ2v) is 7.83. The summed E-state index contributed by atoms with van der Waals surface area (Å²) >= 11 is 0. The van der Waals surface area contributed by atoms with Crippen molar-refractivity contribution in [3.8, 4) is 5.75 Å². The number of rotatable bonds is 5. The standard InChI is InChI=1S/C20H24FN3O4.ClH/c1-10-7-23(8-11(10)6-22)17-15(21)5-13-16(19(17)28-2)24(12-3-4-12)9-14(18(13)25)20(26)27;/h5,9-12H,3-4,6-8,22H2,1-2H3,(H,26,27);1H/t10-,11-;/m1./s1. The van der Waals surface area contributed by atoms with Crippen molar-refractivity contribution in [3.05, 3.63) is 33.9 Å². The van der Waals surface area contributed by atoms with Crippen LogP contribution in [-0.2, 0) is 0 Å². The molecule has 0 bridgehead atoms. The summed E-state index contributed by atoms with van der Waals surface area (Å²) in [6, 6.07) is 1.24. The smallest absolute Gasteiger partial charge is 0.341 e. The number of carboxylic acids is 1. The van der Waals surface area contributed by atoms with Crippen LogP contribution in [0.25, 0.3) is 10.9 Å². The summed E-state index contributed by atoms with van der Waals surface area (Å²) < 4.78 is 22.6. The highest BCUT2D eigenvalue weighted by molar-refractivity contribution is 5.97. The third-order valence-corrected chi connectivity index (χ3v) is 5.96. The Morgan fingerprint density at radius 1 is 1.38 bits per heavy atom. The lowest BCUT2D eigenvalue weighted by Gasteiger charge is -2.24. The number of hydrogen-bond donors (Lipinski definition) is 2. The fraction of sp³-hybridized carbons (Fsp3) is 0.500. The first-order valence-corrected chi connectivity index (χ1v) is 9.51. The van der Waals surface area contributed by atoms with Gasteiger partial charge in [0.15, 0.2) is 11.6 Å². The molecule has 3 N–H and O–H groups in total. The Kier molecular flexibility index (Phi) is 5.78. The van der Waals surface area contributed by atoms with Gasteiger partial charge in [0.25, 0.3) is 0 Å². The Bertz CT molecular complexity index is 1020. The van der Waals surface area contributed by atoms with Crippen LogP contribution < -0.4 is 20.8 Å². The topological polar surface area (TPSA) is 97.8 Å². The Balaban J connectivity index is 0.00000240. The lowest BCUT2D eigenvalue weighted by Crippen LogP contribution is -2.25. The first-order valence-electron chi connectivity index (χ1n) is 9.51. The monoisotopic (exact) mass is 425 g/mol. The minimum Gasteiger partial charge on any atom is -0.492 e. The van der Waals surface area contributed by atoms with Crippen LogP contribution in [0.1, 0.15) is 36.2 Å². The number of hydrogen-bond acceptors (Lipinski definition) is 5. The molecule has 1 aliphatic heterocycles. The number of benzene rings is 1. The van der Waals surface area contributed by atoms with E-state index in [1.807, 2.05) is 4.90 Å². The number of aromatic nitrogens is 1. The molecule has 7 nitrogen and oxygen atoms in total.